The number of carbonyl (C=O) groups excluding carboxylic acids is 1. The molecule has 2 heterocycles. The largest absolute Gasteiger partial charge is 0.435 e. The number of fused-ring (bicyclic) bond motifs is 2. The number of amides is 1. The third-order valence-corrected chi connectivity index (χ3v) is 6.17. The Morgan fingerprint density at radius 3 is 2.81 bits per heavy atom. The summed E-state index contributed by atoms with van der Waals surface area (Å²) in [5.74, 6) is 1.16. The van der Waals surface area contributed by atoms with Gasteiger partial charge < -0.3 is 19.3 Å². The van der Waals surface area contributed by atoms with Gasteiger partial charge >= 0.3 is 6.61 Å². The van der Waals surface area contributed by atoms with Crippen molar-refractivity contribution in [2.45, 2.75) is 38.3 Å². The summed E-state index contributed by atoms with van der Waals surface area (Å²) in [7, 11) is 0. The number of likely N-dealkylation sites (tertiary alicyclic amines) is 1. The lowest BCUT2D eigenvalue weighted by molar-refractivity contribution is -0.129. The average molecular weight is 429 g/mol. The summed E-state index contributed by atoms with van der Waals surface area (Å²) < 4.78 is 34.4. The van der Waals surface area contributed by atoms with Crippen LogP contribution in [0.25, 0.3) is 17.0 Å². The van der Waals surface area contributed by atoms with Gasteiger partial charge in [-0.2, -0.15) is 13.8 Å². The minimum Gasteiger partial charge on any atom is -0.435 e. The van der Waals surface area contributed by atoms with Crippen LogP contribution >= 0.6 is 0 Å². The Labute approximate surface area is 177 Å². The predicted molar refractivity (Wildman–Crippen MR) is 106 cm³/mol. The van der Waals surface area contributed by atoms with Crippen LogP contribution in [0.15, 0.2) is 46.0 Å². The molecule has 2 aromatic rings. The van der Waals surface area contributed by atoms with Crippen LogP contribution in [0.2, 0.25) is 0 Å². The van der Waals surface area contributed by atoms with E-state index in [0.29, 0.717) is 30.2 Å². The van der Waals surface area contributed by atoms with Gasteiger partial charge in [0.1, 0.15) is 5.75 Å². The van der Waals surface area contributed by atoms with Gasteiger partial charge in [0.15, 0.2) is 0 Å². The van der Waals surface area contributed by atoms with Gasteiger partial charge in [0.05, 0.1) is 12.6 Å². The van der Waals surface area contributed by atoms with Gasteiger partial charge in [0.25, 0.3) is 5.89 Å². The van der Waals surface area contributed by atoms with Gasteiger partial charge in [-0.3, -0.25) is 4.79 Å². The molecule has 0 saturated carbocycles. The van der Waals surface area contributed by atoms with Crippen molar-refractivity contribution in [3.63, 3.8) is 0 Å². The zero-order valence-electron chi connectivity index (χ0n) is 16.6. The molecule has 162 valence electrons. The number of halogens is 2. The SMILES string of the molecule is O=C1CC2CC3=C(CCC=C3c3noc(-c4ccc(OC(F)F)cc4)n3)C2N1CCO. The minimum absolute atomic E-state index is 0.0460. The van der Waals surface area contributed by atoms with Gasteiger partial charge in [-0.25, -0.2) is 0 Å². The third-order valence-electron chi connectivity index (χ3n) is 6.17. The number of nitrogens with zero attached hydrogens (tertiary/aromatic N) is 3. The number of alkyl halides is 2. The fourth-order valence-electron chi connectivity index (χ4n) is 4.99. The Hall–Kier alpha value is -3.07. The highest BCUT2D eigenvalue weighted by atomic mass is 19.3. The second-order valence-corrected chi connectivity index (χ2v) is 7.91. The number of aliphatic hydroxyl groups is 1. The molecule has 1 aliphatic heterocycles. The lowest BCUT2D eigenvalue weighted by Crippen LogP contribution is -2.37. The van der Waals surface area contributed by atoms with Crippen molar-refractivity contribution >= 4 is 11.5 Å². The molecule has 31 heavy (non-hydrogen) atoms. The first-order chi connectivity index (χ1) is 15.0. The quantitative estimate of drug-likeness (QED) is 0.757. The van der Waals surface area contributed by atoms with Crippen LogP contribution < -0.4 is 4.74 Å². The lowest BCUT2D eigenvalue weighted by atomic mass is 9.91. The number of aliphatic hydroxyl groups excluding tert-OH is 1. The van der Waals surface area contributed by atoms with E-state index in [1.807, 2.05) is 0 Å². The molecule has 5 rings (SSSR count). The van der Waals surface area contributed by atoms with Crippen LogP contribution in [0, 0.1) is 5.92 Å². The number of ether oxygens (including phenoxy) is 1. The first-order valence-electron chi connectivity index (χ1n) is 10.3. The van der Waals surface area contributed by atoms with Crippen molar-refractivity contribution in [3.8, 4) is 17.2 Å². The summed E-state index contributed by atoms with van der Waals surface area (Å²) in [6, 6.07) is 6.08. The summed E-state index contributed by atoms with van der Waals surface area (Å²) in [6.45, 7) is -2.57. The van der Waals surface area contributed by atoms with Crippen LogP contribution in [-0.2, 0) is 4.79 Å². The fraction of sp³-hybridized carbons (Fsp3) is 0.409. The highest BCUT2D eigenvalue weighted by Crippen LogP contribution is 2.49. The van der Waals surface area contributed by atoms with Gasteiger partial charge in [0.2, 0.25) is 11.7 Å². The summed E-state index contributed by atoms with van der Waals surface area (Å²) in [6.07, 6.45) is 5.08. The van der Waals surface area contributed by atoms with Gasteiger partial charge in [-0.15, -0.1) is 0 Å². The standard InChI is InChI=1S/C22H21F2N3O4/c23-22(24)30-14-6-4-12(5-7-14)21-25-20(26-31-21)16-3-1-2-15-17(16)10-13-11-18(29)27(8-9-28)19(13)15/h3-7,13,19,22,28H,1-2,8-11H2. The second-order valence-electron chi connectivity index (χ2n) is 7.91. The van der Waals surface area contributed by atoms with Crippen LogP contribution in [0.5, 0.6) is 5.75 Å². The minimum atomic E-state index is -2.88. The monoisotopic (exact) mass is 429 g/mol. The molecule has 1 aromatic carbocycles. The lowest BCUT2D eigenvalue weighted by Gasteiger charge is -2.27. The van der Waals surface area contributed by atoms with E-state index in [4.69, 9.17) is 4.52 Å². The fourth-order valence-corrected chi connectivity index (χ4v) is 4.99. The highest BCUT2D eigenvalue weighted by Gasteiger charge is 2.47. The molecular weight excluding hydrogens is 408 g/mol. The summed E-state index contributed by atoms with van der Waals surface area (Å²) in [4.78, 5) is 18.7. The molecule has 3 aliphatic rings. The highest BCUT2D eigenvalue weighted by molar-refractivity contribution is 5.85. The van der Waals surface area contributed by atoms with E-state index in [2.05, 4.69) is 21.0 Å². The maximum absolute atomic E-state index is 12.3. The number of benzene rings is 1. The van der Waals surface area contributed by atoms with Crippen molar-refractivity contribution in [1.29, 1.82) is 0 Å². The van der Waals surface area contributed by atoms with E-state index < -0.39 is 6.61 Å². The summed E-state index contributed by atoms with van der Waals surface area (Å²) in [5.41, 5.74) is 3.94. The van der Waals surface area contributed by atoms with Crippen molar-refractivity contribution < 1.29 is 27.9 Å². The van der Waals surface area contributed by atoms with Crippen molar-refractivity contribution in [1.82, 2.24) is 15.0 Å². The topological polar surface area (TPSA) is 88.7 Å². The molecule has 2 unspecified atom stereocenters. The van der Waals surface area contributed by atoms with Crippen molar-refractivity contribution in [2.75, 3.05) is 13.2 Å². The number of hydrogen-bond donors (Lipinski definition) is 1. The van der Waals surface area contributed by atoms with E-state index in [1.165, 1.54) is 23.3 Å². The molecule has 1 amide bonds. The summed E-state index contributed by atoms with van der Waals surface area (Å²) >= 11 is 0. The number of β-amino-alcohol motifs (C(OH)–C–C–N with tert-alkyl or cyclic N) is 1. The molecule has 0 bridgehead atoms. The zero-order chi connectivity index (χ0) is 21.5. The van der Waals surface area contributed by atoms with Crippen molar-refractivity contribution in [2.24, 2.45) is 5.92 Å². The van der Waals surface area contributed by atoms with Gasteiger partial charge in [-0.05, 0) is 60.6 Å². The molecule has 7 nitrogen and oxygen atoms in total. The number of aromatic nitrogens is 2. The number of hydrogen-bond acceptors (Lipinski definition) is 6. The Morgan fingerprint density at radius 2 is 2.06 bits per heavy atom. The molecule has 1 N–H and O–H groups in total. The van der Waals surface area contributed by atoms with E-state index in [-0.39, 0.29) is 30.2 Å². The Bertz CT molecular complexity index is 1060. The molecule has 9 heteroatoms. The van der Waals surface area contributed by atoms with Crippen LogP contribution in [0.3, 0.4) is 0 Å². The number of rotatable bonds is 6. The average Bonchev–Trinajstić information content (AvgIpc) is 3.43. The van der Waals surface area contributed by atoms with Crippen molar-refractivity contribution in [3.05, 3.63) is 47.3 Å². The van der Waals surface area contributed by atoms with E-state index in [1.54, 1.807) is 17.0 Å². The van der Waals surface area contributed by atoms with Gasteiger partial charge in [0, 0.05) is 24.1 Å². The second kappa shape index (κ2) is 7.88. The molecule has 1 aromatic heterocycles. The molecule has 2 atom stereocenters. The molecule has 1 fully saturated rings. The Kier molecular flexibility index (Phi) is 5.05. The zero-order valence-corrected chi connectivity index (χ0v) is 16.6. The van der Waals surface area contributed by atoms with E-state index >= 15 is 0 Å². The van der Waals surface area contributed by atoms with E-state index in [0.717, 1.165) is 24.8 Å². The normalized spacial score (nSPS) is 22.8. The maximum Gasteiger partial charge on any atom is 0.387 e. The van der Waals surface area contributed by atoms with Crippen LogP contribution in [0.1, 0.15) is 31.5 Å². The third kappa shape index (κ3) is 3.52. The first kappa shape index (κ1) is 19.9. The Balaban J connectivity index is 1.40. The smallest absolute Gasteiger partial charge is 0.387 e. The molecule has 0 spiro atoms. The van der Waals surface area contributed by atoms with Crippen LogP contribution in [-0.4, -0.2) is 51.9 Å². The van der Waals surface area contributed by atoms with E-state index in [9.17, 15) is 18.7 Å². The van der Waals surface area contributed by atoms with Crippen LogP contribution in [0.4, 0.5) is 8.78 Å². The van der Waals surface area contributed by atoms with Gasteiger partial charge in [-0.1, -0.05) is 11.2 Å². The molecule has 1 saturated heterocycles. The number of allylic oxidation sites excluding steroid dienone is 3. The number of carbonyl (C=O) groups is 1. The molecule has 2 aliphatic carbocycles. The first-order valence-corrected chi connectivity index (χ1v) is 10.3. The predicted octanol–water partition coefficient (Wildman–Crippen LogP) is 3.42. The maximum atomic E-state index is 12.3. The molecular formula is C22H21F2N3O4. The molecule has 0 radical (unpaired) electrons. The Morgan fingerprint density at radius 1 is 1.26 bits per heavy atom. The summed E-state index contributed by atoms with van der Waals surface area (Å²) in [5, 5.41) is 13.5.